The monoisotopic (exact) mass is 376 g/mol. The van der Waals surface area contributed by atoms with Crippen molar-refractivity contribution in [3.63, 3.8) is 0 Å². The van der Waals surface area contributed by atoms with Crippen LogP contribution in [0.5, 0.6) is 0 Å². The third kappa shape index (κ3) is 3.69. The van der Waals surface area contributed by atoms with E-state index in [1.165, 1.54) is 16.8 Å². The summed E-state index contributed by atoms with van der Waals surface area (Å²) in [5.41, 5.74) is 4.80. The molecular weight excluding hydrogens is 352 g/mol. The molecule has 0 aliphatic carbocycles. The Morgan fingerprint density at radius 3 is 2.43 bits per heavy atom. The molecule has 144 valence electrons. The second-order valence-corrected chi connectivity index (χ2v) is 7.06. The first-order chi connectivity index (χ1) is 13.6. The van der Waals surface area contributed by atoms with Crippen molar-refractivity contribution in [2.45, 2.75) is 13.8 Å². The van der Waals surface area contributed by atoms with Crippen LogP contribution in [0.1, 0.15) is 21.6 Å². The first-order valence-corrected chi connectivity index (χ1v) is 9.46. The molecule has 0 saturated carbocycles. The number of amides is 1. The van der Waals surface area contributed by atoms with Gasteiger partial charge in [0.05, 0.1) is 0 Å². The van der Waals surface area contributed by atoms with E-state index in [9.17, 15) is 4.79 Å². The number of rotatable bonds is 4. The average Bonchev–Trinajstić information content (AvgIpc) is 3.19. The maximum atomic E-state index is 13.0. The van der Waals surface area contributed by atoms with Crippen LogP contribution in [0.2, 0.25) is 0 Å². The zero-order valence-electron chi connectivity index (χ0n) is 16.1. The lowest BCUT2D eigenvalue weighted by molar-refractivity contribution is 0.0742. The minimum atomic E-state index is -0.104. The van der Waals surface area contributed by atoms with E-state index >= 15 is 0 Å². The molecular formula is C21H24N6O. The maximum Gasteiger partial charge on any atom is 0.278 e. The Balaban J connectivity index is 1.43. The van der Waals surface area contributed by atoms with Gasteiger partial charge in [-0.25, -0.2) is 0 Å². The highest BCUT2D eigenvalue weighted by atomic mass is 16.2. The van der Waals surface area contributed by atoms with Crippen molar-refractivity contribution in [1.29, 1.82) is 0 Å². The summed E-state index contributed by atoms with van der Waals surface area (Å²) in [6.45, 7) is 7.04. The van der Waals surface area contributed by atoms with Crippen molar-refractivity contribution in [2.24, 2.45) is 0 Å². The first-order valence-electron chi connectivity index (χ1n) is 9.46. The number of aromatic amines is 1. The molecule has 0 bridgehead atoms. The molecule has 1 fully saturated rings. The van der Waals surface area contributed by atoms with E-state index in [1.807, 2.05) is 41.3 Å². The zero-order chi connectivity index (χ0) is 19.5. The summed E-state index contributed by atoms with van der Waals surface area (Å²) in [7, 11) is 0. The number of carbonyl (C=O) groups is 1. The van der Waals surface area contributed by atoms with Crippen LogP contribution in [0.4, 0.5) is 17.2 Å². The molecule has 7 nitrogen and oxygen atoms in total. The molecule has 0 atom stereocenters. The van der Waals surface area contributed by atoms with E-state index in [2.05, 4.69) is 51.6 Å². The molecule has 0 unspecified atom stereocenters. The molecule has 4 rings (SSSR count). The number of carbonyl (C=O) groups excluding carboxylic acids is 1. The molecule has 1 aromatic heterocycles. The highest BCUT2D eigenvalue weighted by Gasteiger charge is 2.26. The van der Waals surface area contributed by atoms with Gasteiger partial charge < -0.3 is 15.1 Å². The minimum Gasteiger partial charge on any atom is -0.368 e. The van der Waals surface area contributed by atoms with Gasteiger partial charge in [0.25, 0.3) is 5.91 Å². The Kier molecular flexibility index (Phi) is 4.97. The Hall–Kier alpha value is -3.35. The number of para-hydroxylation sites is 1. The fraction of sp³-hybridized carbons (Fsp3) is 0.286. The van der Waals surface area contributed by atoms with Crippen LogP contribution in [-0.4, -0.2) is 52.4 Å². The number of anilines is 3. The van der Waals surface area contributed by atoms with Gasteiger partial charge in [-0.15, -0.1) is 10.2 Å². The van der Waals surface area contributed by atoms with E-state index in [0.29, 0.717) is 24.6 Å². The fourth-order valence-corrected chi connectivity index (χ4v) is 3.38. The molecule has 28 heavy (non-hydrogen) atoms. The van der Waals surface area contributed by atoms with E-state index in [0.717, 1.165) is 18.8 Å². The number of hydrogen-bond donors (Lipinski definition) is 2. The molecule has 3 aromatic rings. The van der Waals surface area contributed by atoms with Gasteiger partial charge >= 0.3 is 0 Å². The van der Waals surface area contributed by atoms with Gasteiger partial charge in [0.1, 0.15) is 0 Å². The van der Waals surface area contributed by atoms with Crippen LogP contribution in [0, 0.1) is 13.8 Å². The standard InChI is InChI=1S/C21H24N6O/c1-15-8-9-17(14-16(15)2)22-20-19(23-25-24-20)21(28)27-12-10-26(11-13-27)18-6-4-3-5-7-18/h3-9,14H,10-13H2,1-2H3,(H2,22,23,24,25). The van der Waals surface area contributed by atoms with Crippen molar-refractivity contribution in [3.05, 3.63) is 65.4 Å². The smallest absolute Gasteiger partial charge is 0.278 e. The van der Waals surface area contributed by atoms with Gasteiger partial charge in [0, 0.05) is 37.6 Å². The molecule has 1 aliphatic heterocycles. The van der Waals surface area contributed by atoms with E-state index in [-0.39, 0.29) is 5.91 Å². The number of benzene rings is 2. The number of nitrogens with zero attached hydrogens (tertiary/aromatic N) is 4. The number of piperazine rings is 1. The Labute approximate surface area is 164 Å². The SMILES string of the molecule is Cc1ccc(Nc2n[nH]nc2C(=O)N2CCN(c3ccccc3)CC2)cc1C. The summed E-state index contributed by atoms with van der Waals surface area (Å²) in [5.74, 6) is 0.353. The molecule has 1 aliphatic rings. The van der Waals surface area contributed by atoms with Gasteiger partial charge in [0.15, 0.2) is 11.5 Å². The van der Waals surface area contributed by atoms with Crippen molar-refractivity contribution in [1.82, 2.24) is 20.3 Å². The molecule has 0 radical (unpaired) electrons. The van der Waals surface area contributed by atoms with Gasteiger partial charge in [-0.3, -0.25) is 4.79 Å². The normalized spacial score (nSPS) is 14.2. The number of H-pyrrole nitrogens is 1. The van der Waals surface area contributed by atoms with E-state index in [4.69, 9.17) is 0 Å². The summed E-state index contributed by atoms with van der Waals surface area (Å²) in [5, 5.41) is 14.0. The van der Waals surface area contributed by atoms with Crippen molar-refractivity contribution in [3.8, 4) is 0 Å². The number of aromatic nitrogens is 3. The lowest BCUT2D eigenvalue weighted by atomic mass is 10.1. The molecule has 0 spiro atoms. The molecule has 2 heterocycles. The van der Waals surface area contributed by atoms with Crippen LogP contribution >= 0.6 is 0 Å². The van der Waals surface area contributed by atoms with Crippen molar-refractivity contribution >= 4 is 23.1 Å². The molecule has 7 heteroatoms. The predicted molar refractivity (Wildman–Crippen MR) is 110 cm³/mol. The number of hydrogen-bond acceptors (Lipinski definition) is 5. The van der Waals surface area contributed by atoms with Gasteiger partial charge in [-0.2, -0.15) is 5.21 Å². The summed E-state index contributed by atoms with van der Waals surface area (Å²) >= 11 is 0. The lowest BCUT2D eigenvalue weighted by Gasteiger charge is -2.35. The van der Waals surface area contributed by atoms with Crippen molar-refractivity contribution in [2.75, 3.05) is 36.4 Å². The molecule has 2 aromatic carbocycles. The third-order valence-electron chi connectivity index (χ3n) is 5.21. The average molecular weight is 376 g/mol. The highest BCUT2D eigenvalue weighted by Crippen LogP contribution is 2.22. The Morgan fingerprint density at radius 2 is 1.71 bits per heavy atom. The Bertz CT molecular complexity index is 960. The summed E-state index contributed by atoms with van der Waals surface area (Å²) in [6.07, 6.45) is 0. The summed E-state index contributed by atoms with van der Waals surface area (Å²) < 4.78 is 0. The zero-order valence-corrected chi connectivity index (χ0v) is 16.1. The molecule has 2 N–H and O–H groups in total. The second kappa shape index (κ2) is 7.72. The second-order valence-electron chi connectivity index (χ2n) is 7.06. The fourth-order valence-electron chi connectivity index (χ4n) is 3.38. The molecule has 1 saturated heterocycles. The first kappa shape index (κ1) is 18.0. The topological polar surface area (TPSA) is 77.1 Å². The quantitative estimate of drug-likeness (QED) is 0.732. The minimum absolute atomic E-state index is 0.104. The third-order valence-corrected chi connectivity index (χ3v) is 5.21. The van der Waals surface area contributed by atoms with Gasteiger partial charge in [-0.1, -0.05) is 24.3 Å². The van der Waals surface area contributed by atoms with Crippen molar-refractivity contribution < 1.29 is 4.79 Å². The van der Waals surface area contributed by atoms with Crippen LogP contribution in [0.15, 0.2) is 48.5 Å². The molecule has 1 amide bonds. The van der Waals surface area contributed by atoms with Crippen LogP contribution in [0.3, 0.4) is 0 Å². The van der Waals surface area contributed by atoms with Crippen LogP contribution < -0.4 is 10.2 Å². The summed E-state index contributed by atoms with van der Waals surface area (Å²) in [4.78, 5) is 17.1. The van der Waals surface area contributed by atoms with Gasteiger partial charge in [0.2, 0.25) is 0 Å². The van der Waals surface area contributed by atoms with Gasteiger partial charge in [-0.05, 0) is 49.2 Å². The predicted octanol–water partition coefficient (Wildman–Crippen LogP) is 3.13. The number of aryl methyl sites for hydroxylation is 2. The highest BCUT2D eigenvalue weighted by molar-refractivity contribution is 5.97. The maximum absolute atomic E-state index is 13.0. The summed E-state index contributed by atoms with van der Waals surface area (Å²) in [6, 6.07) is 16.3. The largest absolute Gasteiger partial charge is 0.368 e. The van der Waals surface area contributed by atoms with Crippen LogP contribution in [0.25, 0.3) is 0 Å². The van der Waals surface area contributed by atoms with E-state index < -0.39 is 0 Å². The Morgan fingerprint density at radius 1 is 0.964 bits per heavy atom. The van der Waals surface area contributed by atoms with E-state index in [1.54, 1.807) is 0 Å². The van der Waals surface area contributed by atoms with Crippen LogP contribution in [-0.2, 0) is 0 Å². The number of nitrogens with one attached hydrogen (secondary N) is 2. The lowest BCUT2D eigenvalue weighted by Crippen LogP contribution is -2.49.